The molecule has 0 amide bonds. The largest absolute Gasteiger partial charge is 0.463 e. The van der Waals surface area contributed by atoms with Crippen LogP contribution in [0.3, 0.4) is 0 Å². The summed E-state index contributed by atoms with van der Waals surface area (Å²) in [5.74, 6) is -1.02. The van der Waals surface area contributed by atoms with Crippen molar-refractivity contribution in [1.82, 2.24) is 10.1 Å². The molecule has 0 aliphatic heterocycles. The molecular weight excluding hydrogens is 227 g/mol. The van der Waals surface area contributed by atoms with Crippen LogP contribution in [-0.4, -0.2) is 23.2 Å². The number of aromatic nitrogens is 2. The van der Waals surface area contributed by atoms with Gasteiger partial charge in [-0.3, -0.25) is 0 Å². The van der Waals surface area contributed by atoms with Crippen LogP contribution < -0.4 is 0 Å². The third-order valence-electron chi connectivity index (χ3n) is 2.20. The van der Waals surface area contributed by atoms with Crippen LogP contribution in [0.1, 0.15) is 16.2 Å². The number of rotatable bonds is 2. The Labute approximate surface area is 96.2 Å². The van der Waals surface area contributed by atoms with Crippen molar-refractivity contribution >= 4 is 5.97 Å². The maximum absolute atomic E-state index is 13.1. The van der Waals surface area contributed by atoms with E-state index < -0.39 is 5.97 Å². The first-order valence-electron chi connectivity index (χ1n) is 4.80. The molecule has 0 atom stereocenters. The van der Waals surface area contributed by atoms with E-state index in [1.807, 2.05) is 0 Å². The fourth-order valence-corrected chi connectivity index (χ4v) is 1.29. The lowest BCUT2D eigenvalue weighted by Crippen LogP contribution is -2.03. The maximum Gasteiger partial charge on any atom is 0.379 e. The molecule has 2 rings (SSSR count). The number of methoxy groups -OCH3 is 1. The number of nitrogens with zero attached hydrogens (tertiary/aromatic N) is 2. The van der Waals surface area contributed by atoms with E-state index in [0.717, 1.165) is 0 Å². The molecule has 88 valence electrons. The molecule has 1 aromatic heterocycles. The Balaban J connectivity index is 2.37. The Morgan fingerprint density at radius 2 is 2.24 bits per heavy atom. The summed E-state index contributed by atoms with van der Waals surface area (Å²) >= 11 is 0. The molecule has 0 fully saturated rings. The molecule has 6 heteroatoms. The molecule has 1 heterocycles. The van der Waals surface area contributed by atoms with Gasteiger partial charge >= 0.3 is 5.97 Å². The molecule has 2 aromatic rings. The fraction of sp³-hybridized carbons (Fsp3) is 0.182. The zero-order valence-electron chi connectivity index (χ0n) is 9.23. The highest BCUT2D eigenvalue weighted by atomic mass is 19.1. The van der Waals surface area contributed by atoms with Crippen LogP contribution in [0.25, 0.3) is 11.5 Å². The van der Waals surface area contributed by atoms with Gasteiger partial charge in [0.05, 0.1) is 7.11 Å². The summed E-state index contributed by atoms with van der Waals surface area (Å²) in [6, 6.07) is 4.35. The van der Waals surface area contributed by atoms with E-state index in [1.165, 1.54) is 19.2 Å². The van der Waals surface area contributed by atoms with Gasteiger partial charge in [-0.2, -0.15) is 4.98 Å². The lowest BCUT2D eigenvalue weighted by atomic mass is 10.1. The Bertz CT molecular complexity index is 566. The van der Waals surface area contributed by atoms with Crippen molar-refractivity contribution in [1.29, 1.82) is 0 Å². The zero-order valence-corrected chi connectivity index (χ0v) is 9.23. The van der Waals surface area contributed by atoms with Crippen molar-refractivity contribution < 1.29 is 18.4 Å². The summed E-state index contributed by atoms with van der Waals surface area (Å²) in [6.45, 7) is 1.62. The quantitative estimate of drug-likeness (QED) is 0.746. The third kappa shape index (κ3) is 2.15. The summed E-state index contributed by atoms with van der Waals surface area (Å²) in [4.78, 5) is 15.0. The normalized spacial score (nSPS) is 10.3. The molecule has 0 radical (unpaired) electrons. The Kier molecular flexibility index (Phi) is 2.86. The number of ether oxygens (including phenoxy) is 1. The summed E-state index contributed by atoms with van der Waals surface area (Å²) in [5, 5.41) is 3.46. The SMILES string of the molecule is COC(=O)c1noc(-c2ccc(F)c(C)c2)n1. The van der Waals surface area contributed by atoms with Gasteiger partial charge in [-0.05, 0) is 35.8 Å². The molecule has 0 N–H and O–H groups in total. The van der Waals surface area contributed by atoms with Crippen LogP contribution in [-0.2, 0) is 4.74 Å². The van der Waals surface area contributed by atoms with Gasteiger partial charge in [0.25, 0.3) is 11.7 Å². The predicted molar refractivity (Wildman–Crippen MR) is 55.8 cm³/mol. The highest BCUT2D eigenvalue weighted by Gasteiger charge is 2.16. The second kappa shape index (κ2) is 4.32. The second-order valence-electron chi connectivity index (χ2n) is 3.38. The minimum atomic E-state index is -0.682. The molecule has 0 aliphatic carbocycles. The average Bonchev–Trinajstić information content (AvgIpc) is 2.81. The monoisotopic (exact) mass is 236 g/mol. The molecule has 0 unspecified atom stereocenters. The summed E-state index contributed by atoms with van der Waals surface area (Å²) in [6.07, 6.45) is 0. The van der Waals surface area contributed by atoms with Crippen LogP contribution in [0, 0.1) is 12.7 Å². The highest BCUT2D eigenvalue weighted by molar-refractivity contribution is 5.85. The van der Waals surface area contributed by atoms with Gasteiger partial charge in [0.1, 0.15) is 5.82 Å². The molecule has 0 spiro atoms. The van der Waals surface area contributed by atoms with Crippen LogP contribution in [0.4, 0.5) is 4.39 Å². The van der Waals surface area contributed by atoms with Crippen molar-refractivity contribution in [3.05, 3.63) is 35.4 Å². The van der Waals surface area contributed by atoms with E-state index in [4.69, 9.17) is 4.52 Å². The van der Waals surface area contributed by atoms with E-state index >= 15 is 0 Å². The van der Waals surface area contributed by atoms with Gasteiger partial charge in [-0.15, -0.1) is 0 Å². The van der Waals surface area contributed by atoms with Gasteiger partial charge in [0.2, 0.25) is 0 Å². The van der Waals surface area contributed by atoms with Crippen molar-refractivity contribution in [2.24, 2.45) is 0 Å². The summed E-state index contributed by atoms with van der Waals surface area (Å²) < 4.78 is 22.4. The van der Waals surface area contributed by atoms with Crippen LogP contribution in [0.2, 0.25) is 0 Å². The first kappa shape index (κ1) is 11.3. The molecular formula is C11H9FN2O3. The van der Waals surface area contributed by atoms with Crippen molar-refractivity contribution in [3.63, 3.8) is 0 Å². The number of carbonyl (C=O) groups excluding carboxylic acids is 1. The third-order valence-corrected chi connectivity index (χ3v) is 2.20. The Morgan fingerprint density at radius 3 is 2.88 bits per heavy atom. The molecule has 0 aliphatic rings. The minimum Gasteiger partial charge on any atom is -0.463 e. The van der Waals surface area contributed by atoms with Crippen molar-refractivity contribution in [3.8, 4) is 11.5 Å². The van der Waals surface area contributed by atoms with Gasteiger partial charge < -0.3 is 9.26 Å². The highest BCUT2D eigenvalue weighted by Crippen LogP contribution is 2.20. The van der Waals surface area contributed by atoms with E-state index in [-0.39, 0.29) is 17.5 Å². The van der Waals surface area contributed by atoms with Crippen molar-refractivity contribution in [2.45, 2.75) is 6.92 Å². The molecule has 0 bridgehead atoms. The number of halogens is 1. The molecule has 5 nitrogen and oxygen atoms in total. The maximum atomic E-state index is 13.1. The van der Waals surface area contributed by atoms with Crippen LogP contribution in [0.5, 0.6) is 0 Å². The standard InChI is InChI=1S/C11H9FN2O3/c1-6-5-7(3-4-8(6)12)10-13-9(14-17-10)11(15)16-2/h3-5H,1-2H3. The zero-order chi connectivity index (χ0) is 12.4. The lowest BCUT2D eigenvalue weighted by molar-refractivity contribution is 0.0583. The number of esters is 1. The number of hydrogen-bond donors (Lipinski definition) is 0. The van der Waals surface area contributed by atoms with Crippen LogP contribution in [0.15, 0.2) is 22.7 Å². The number of benzene rings is 1. The van der Waals surface area contributed by atoms with Crippen LogP contribution >= 0.6 is 0 Å². The van der Waals surface area contributed by atoms with E-state index in [0.29, 0.717) is 11.1 Å². The Hall–Kier alpha value is -2.24. The topological polar surface area (TPSA) is 65.2 Å². The number of hydrogen-bond acceptors (Lipinski definition) is 5. The van der Waals surface area contributed by atoms with E-state index in [1.54, 1.807) is 13.0 Å². The fourth-order valence-electron chi connectivity index (χ4n) is 1.29. The minimum absolute atomic E-state index is 0.147. The number of carbonyl (C=O) groups is 1. The van der Waals surface area contributed by atoms with Gasteiger partial charge in [-0.25, -0.2) is 9.18 Å². The molecule has 17 heavy (non-hydrogen) atoms. The lowest BCUT2D eigenvalue weighted by Gasteiger charge is -1.97. The van der Waals surface area contributed by atoms with E-state index in [2.05, 4.69) is 14.9 Å². The molecule has 0 saturated heterocycles. The first-order valence-corrected chi connectivity index (χ1v) is 4.80. The van der Waals surface area contributed by atoms with Crippen molar-refractivity contribution in [2.75, 3.05) is 7.11 Å². The molecule has 1 aromatic carbocycles. The first-order chi connectivity index (χ1) is 8.11. The van der Waals surface area contributed by atoms with Gasteiger partial charge in [0.15, 0.2) is 0 Å². The molecule has 0 saturated carbocycles. The van der Waals surface area contributed by atoms with E-state index in [9.17, 15) is 9.18 Å². The summed E-state index contributed by atoms with van der Waals surface area (Å²) in [5.41, 5.74) is 1.01. The summed E-state index contributed by atoms with van der Waals surface area (Å²) in [7, 11) is 1.22. The number of aryl methyl sites for hydroxylation is 1. The second-order valence-corrected chi connectivity index (χ2v) is 3.38. The van der Waals surface area contributed by atoms with Gasteiger partial charge in [0, 0.05) is 5.56 Å². The average molecular weight is 236 g/mol. The smallest absolute Gasteiger partial charge is 0.379 e. The Morgan fingerprint density at radius 1 is 1.47 bits per heavy atom. The van der Waals surface area contributed by atoms with Gasteiger partial charge in [-0.1, -0.05) is 0 Å². The predicted octanol–water partition coefficient (Wildman–Crippen LogP) is 1.97.